The lowest BCUT2D eigenvalue weighted by Gasteiger charge is -2.10. The second kappa shape index (κ2) is 8.59. The van der Waals surface area contributed by atoms with Crippen LogP contribution in [0.1, 0.15) is 12.5 Å². The minimum Gasteiger partial charge on any atom is -0.356 e. The number of nitrogens with one attached hydrogen (secondary N) is 1. The van der Waals surface area contributed by atoms with E-state index in [1.165, 1.54) is 0 Å². The van der Waals surface area contributed by atoms with E-state index in [1.807, 2.05) is 6.92 Å². The van der Waals surface area contributed by atoms with Crippen LogP contribution in [0.2, 0.25) is 10.0 Å². The summed E-state index contributed by atoms with van der Waals surface area (Å²) in [6, 6.07) is 5.19. The second-order valence-electron chi connectivity index (χ2n) is 4.07. The molecule has 0 aliphatic rings. The first kappa shape index (κ1) is 17.5. The molecule has 3 nitrogen and oxygen atoms in total. The Morgan fingerprint density at radius 2 is 2.06 bits per heavy atom. The third kappa shape index (κ3) is 5.91. The molecule has 0 aromatic heterocycles. The molecule has 1 atom stereocenters. The van der Waals surface area contributed by atoms with Crippen LogP contribution >= 0.6 is 35.6 Å². The van der Waals surface area contributed by atoms with Gasteiger partial charge in [-0.05, 0) is 30.2 Å². The lowest BCUT2D eigenvalue weighted by Crippen LogP contribution is -2.32. The normalized spacial score (nSPS) is 11.6. The maximum absolute atomic E-state index is 11.6. The highest BCUT2D eigenvalue weighted by atomic mass is 35.5. The molecule has 0 bridgehead atoms. The summed E-state index contributed by atoms with van der Waals surface area (Å²) in [4.78, 5) is 11.6. The van der Waals surface area contributed by atoms with Crippen LogP contribution in [0.4, 0.5) is 0 Å². The Bertz CT molecular complexity index is 399. The molecule has 0 radical (unpaired) electrons. The average Bonchev–Trinajstić information content (AvgIpc) is 2.31. The summed E-state index contributed by atoms with van der Waals surface area (Å²) in [7, 11) is 0. The molecule has 0 saturated carbocycles. The summed E-state index contributed by atoms with van der Waals surface area (Å²) < 4.78 is 0. The number of nitrogens with two attached hydrogens (primary N) is 1. The molecular formula is C12H17Cl3N2O. The van der Waals surface area contributed by atoms with Crippen LogP contribution in [0.5, 0.6) is 0 Å². The lowest BCUT2D eigenvalue weighted by atomic mass is 10.1. The van der Waals surface area contributed by atoms with Gasteiger partial charge < -0.3 is 11.1 Å². The van der Waals surface area contributed by atoms with Gasteiger partial charge in [0.2, 0.25) is 5.91 Å². The Hall–Kier alpha value is -0.480. The van der Waals surface area contributed by atoms with E-state index >= 15 is 0 Å². The van der Waals surface area contributed by atoms with E-state index in [0.29, 0.717) is 29.6 Å². The molecule has 0 saturated heterocycles. The number of hydrogen-bond acceptors (Lipinski definition) is 2. The fourth-order valence-electron chi connectivity index (χ4n) is 1.27. The number of benzene rings is 1. The van der Waals surface area contributed by atoms with Crippen molar-refractivity contribution in [1.29, 1.82) is 0 Å². The van der Waals surface area contributed by atoms with Crippen LogP contribution in [0, 0.1) is 5.92 Å². The molecule has 0 heterocycles. The molecule has 0 spiro atoms. The van der Waals surface area contributed by atoms with Crippen LogP contribution in [0.3, 0.4) is 0 Å². The Morgan fingerprint density at radius 1 is 1.39 bits per heavy atom. The maximum atomic E-state index is 11.6. The number of halogens is 3. The van der Waals surface area contributed by atoms with Crippen LogP contribution in [-0.2, 0) is 11.2 Å². The number of carbonyl (C=O) groups excluding carboxylic acids is 1. The van der Waals surface area contributed by atoms with Crippen LogP contribution < -0.4 is 11.1 Å². The van der Waals surface area contributed by atoms with Gasteiger partial charge in [0.1, 0.15) is 0 Å². The summed E-state index contributed by atoms with van der Waals surface area (Å²) in [6.07, 6.45) is 0.300. The molecule has 102 valence electrons. The standard InChI is InChI=1S/C12H16Cl2N2O.ClH/c1-8(6-15)7-16-12(17)5-9-2-3-10(13)11(14)4-9;/h2-4,8H,5-7,15H2,1H3,(H,16,17);1H. The fraction of sp³-hybridized carbons (Fsp3) is 0.417. The van der Waals surface area contributed by atoms with Gasteiger partial charge in [-0.15, -0.1) is 12.4 Å². The van der Waals surface area contributed by atoms with Gasteiger partial charge in [0.25, 0.3) is 0 Å². The Balaban J connectivity index is 0.00000289. The van der Waals surface area contributed by atoms with Crippen LogP contribution in [-0.4, -0.2) is 19.0 Å². The number of rotatable bonds is 5. The van der Waals surface area contributed by atoms with Gasteiger partial charge in [0.15, 0.2) is 0 Å². The SMILES string of the molecule is CC(CN)CNC(=O)Cc1ccc(Cl)c(Cl)c1.Cl. The molecule has 3 N–H and O–H groups in total. The van der Waals surface area contributed by atoms with E-state index in [9.17, 15) is 4.79 Å². The van der Waals surface area contributed by atoms with Crippen molar-refractivity contribution in [3.8, 4) is 0 Å². The first-order chi connectivity index (χ1) is 8.02. The van der Waals surface area contributed by atoms with Crippen molar-refractivity contribution < 1.29 is 4.79 Å². The Labute approximate surface area is 123 Å². The van der Waals surface area contributed by atoms with Gasteiger partial charge >= 0.3 is 0 Å². The van der Waals surface area contributed by atoms with Crippen molar-refractivity contribution in [1.82, 2.24) is 5.32 Å². The summed E-state index contributed by atoms with van der Waals surface area (Å²) >= 11 is 11.7. The molecule has 1 aromatic rings. The van der Waals surface area contributed by atoms with Crippen LogP contribution in [0.25, 0.3) is 0 Å². The van der Waals surface area contributed by atoms with E-state index in [0.717, 1.165) is 5.56 Å². The Kier molecular flexibility index (Phi) is 8.36. The van der Waals surface area contributed by atoms with Crippen molar-refractivity contribution >= 4 is 41.5 Å². The van der Waals surface area contributed by atoms with Crippen molar-refractivity contribution in [2.75, 3.05) is 13.1 Å². The van der Waals surface area contributed by atoms with E-state index < -0.39 is 0 Å². The number of carbonyl (C=O) groups is 1. The summed E-state index contributed by atoms with van der Waals surface area (Å²) in [5, 5.41) is 3.78. The van der Waals surface area contributed by atoms with Crippen molar-refractivity contribution in [2.24, 2.45) is 11.7 Å². The van der Waals surface area contributed by atoms with Gasteiger partial charge in [-0.1, -0.05) is 36.2 Å². The summed E-state index contributed by atoms with van der Waals surface area (Å²) in [6.45, 7) is 3.14. The predicted octanol–water partition coefficient (Wildman–Crippen LogP) is 2.67. The zero-order valence-corrected chi connectivity index (χ0v) is 12.4. The van der Waals surface area contributed by atoms with E-state index in [4.69, 9.17) is 28.9 Å². The topological polar surface area (TPSA) is 55.1 Å². The third-order valence-electron chi connectivity index (χ3n) is 2.40. The van der Waals surface area contributed by atoms with Gasteiger partial charge in [-0.3, -0.25) is 4.79 Å². The first-order valence-corrected chi connectivity index (χ1v) is 6.19. The van der Waals surface area contributed by atoms with E-state index in [-0.39, 0.29) is 24.2 Å². The molecule has 1 unspecified atom stereocenters. The van der Waals surface area contributed by atoms with E-state index in [1.54, 1.807) is 18.2 Å². The molecule has 1 amide bonds. The number of amides is 1. The molecular weight excluding hydrogens is 295 g/mol. The average molecular weight is 312 g/mol. The quantitative estimate of drug-likeness (QED) is 0.878. The number of hydrogen-bond donors (Lipinski definition) is 2. The highest BCUT2D eigenvalue weighted by molar-refractivity contribution is 6.42. The Morgan fingerprint density at radius 3 is 2.61 bits per heavy atom. The predicted molar refractivity (Wildman–Crippen MR) is 78.6 cm³/mol. The van der Waals surface area contributed by atoms with Gasteiger partial charge in [0, 0.05) is 6.54 Å². The molecule has 0 aliphatic heterocycles. The molecule has 18 heavy (non-hydrogen) atoms. The maximum Gasteiger partial charge on any atom is 0.224 e. The van der Waals surface area contributed by atoms with E-state index in [2.05, 4.69) is 5.32 Å². The van der Waals surface area contributed by atoms with Gasteiger partial charge in [-0.25, -0.2) is 0 Å². The molecule has 0 fully saturated rings. The van der Waals surface area contributed by atoms with Crippen molar-refractivity contribution in [3.05, 3.63) is 33.8 Å². The molecule has 6 heteroatoms. The fourth-order valence-corrected chi connectivity index (χ4v) is 1.59. The molecule has 0 aliphatic carbocycles. The van der Waals surface area contributed by atoms with Crippen LogP contribution in [0.15, 0.2) is 18.2 Å². The third-order valence-corrected chi connectivity index (χ3v) is 3.14. The zero-order valence-electron chi connectivity index (χ0n) is 10.1. The highest BCUT2D eigenvalue weighted by Crippen LogP contribution is 2.22. The summed E-state index contributed by atoms with van der Waals surface area (Å²) in [5.74, 6) is 0.247. The molecule has 1 aromatic carbocycles. The molecule has 1 rings (SSSR count). The zero-order chi connectivity index (χ0) is 12.8. The van der Waals surface area contributed by atoms with Crippen molar-refractivity contribution in [2.45, 2.75) is 13.3 Å². The van der Waals surface area contributed by atoms with Gasteiger partial charge in [0.05, 0.1) is 16.5 Å². The van der Waals surface area contributed by atoms with Gasteiger partial charge in [-0.2, -0.15) is 0 Å². The monoisotopic (exact) mass is 310 g/mol. The lowest BCUT2D eigenvalue weighted by molar-refractivity contribution is -0.120. The largest absolute Gasteiger partial charge is 0.356 e. The first-order valence-electron chi connectivity index (χ1n) is 5.43. The smallest absolute Gasteiger partial charge is 0.224 e. The van der Waals surface area contributed by atoms with Crippen molar-refractivity contribution in [3.63, 3.8) is 0 Å². The minimum atomic E-state index is -0.0383. The highest BCUT2D eigenvalue weighted by Gasteiger charge is 2.07. The summed E-state index contributed by atoms with van der Waals surface area (Å²) in [5.41, 5.74) is 6.31. The second-order valence-corrected chi connectivity index (χ2v) is 4.88. The minimum absolute atomic E-state index is 0.